The van der Waals surface area contributed by atoms with E-state index in [2.05, 4.69) is 25.6 Å². The number of nitrogens with zero attached hydrogens (tertiary/aromatic N) is 5. The summed E-state index contributed by atoms with van der Waals surface area (Å²) in [5.74, 6) is 0.584. The highest BCUT2D eigenvalue weighted by molar-refractivity contribution is 5.89. The number of allylic oxidation sites excluding steroid dienone is 1. The Morgan fingerprint density at radius 2 is 2.14 bits per heavy atom. The van der Waals surface area contributed by atoms with Gasteiger partial charge < -0.3 is 0 Å². The molecule has 1 aliphatic heterocycles. The first-order valence-electron chi connectivity index (χ1n) is 4.21. The summed E-state index contributed by atoms with van der Waals surface area (Å²) in [6, 6.07) is 0. The number of carbonyl (C=O) groups is 1. The predicted octanol–water partition coefficient (Wildman–Crippen LogP) is 0.825. The number of rotatable bonds is 0. The second kappa shape index (κ2) is 2.50. The van der Waals surface area contributed by atoms with Crippen LogP contribution in [0.1, 0.15) is 17.7 Å². The number of carbonyl (C=O) groups excluding carboxylic acids is 1. The van der Waals surface area contributed by atoms with Crippen molar-refractivity contribution in [2.24, 2.45) is 10.2 Å². The van der Waals surface area contributed by atoms with Crippen molar-refractivity contribution >= 4 is 17.3 Å². The molecule has 3 rings (SSSR count). The van der Waals surface area contributed by atoms with Gasteiger partial charge in [-0.1, -0.05) is 0 Å². The maximum absolute atomic E-state index is 11.3. The zero-order valence-corrected chi connectivity index (χ0v) is 7.14. The minimum Gasteiger partial charge on any atom is -0.299 e. The summed E-state index contributed by atoms with van der Waals surface area (Å²) in [5.41, 5.74) is 2.10. The number of hydrogen-bond acceptors (Lipinski definition) is 6. The molecule has 2 heterocycles. The minimum atomic E-state index is 0.116. The quantitative estimate of drug-likeness (QED) is 0.602. The first-order valence-corrected chi connectivity index (χ1v) is 4.21. The van der Waals surface area contributed by atoms with E-state index in [1.165, 1.54) is 0 Å². The average Bonchev–Trinajstić information content (AvgIpc) is 2.51. The maximum Gasteiger partial charge on any atom is 0.209 e. The van der Waals surface area contributed by atoms with Crippen molar-refractivity contribution in [3.8, 4) is 0 Å². The van der Waals surface area contributed by atoms with Gasteiger partial charge in [0.15, 0.2) is 0 Å². The molecule has 0 aromatic carbocycles. The molecule has 68 valence electrons. The Kier molecular flexibility index (Phi) is 1.33. The molecule has 14 heavy (non-hydrogen) atoms. The van der Waals surface area contributed by atoms with E-state index in [1.807, 2.05) is 0 Å². The number of Topliss-reactive ketones (excluding diaryl/α,β-unsaturated/α-hetero) is 1. The van der Waals surface area contributed by atoms with E-state index in [-0.39, 0.29) is 5.78 Å². The second-order valence-corrected chi connectivity index (χ2v) is 3.14. The van der Waals surface area contributed by atoms with Crippen LogP contribution in [0.4, 0.5) is 5.82 Å². The summed E-state index contributed by atoms with van der Waals surface area (Å²) >= 11 is 0. The van der Waals surface area contributed by atoms with Gasteiger partial charge in [-0.05, 0) is 11.3 Å². The van der Waals surface area contributed by atoms with Crippen LogP contribution in [0, 0.1) is 0 Å². The molecule has 0 amide bonds. The highest BCUT2D eigenvalue weighted by atomic mass is 16.1. The predicted molar refractivity (Wildman–Crippen MR) is 45.6 cm³/mol. The van der Waals surface area contributed by atoms with Gasteiger partial charge >= 0.3 is 0 Å². The van der Waals surface area contributed by atoms with Crippen molar-refractivity contribution in [2.75, 3.05) is 0 Å². The summed E-state index contributed by atoms with van der Waals surface area (Å²) in [5, 5.41) is 18.9. The fourth-order valence-electron chi connectivity index (χ4n) is 1.57. The molecule has 0 bridgehead atoms. The highest BCUT2D eigenvalue weighted by Crippen LogP contribution is 2.36. The van der Waals surface area contributed by atoms with E-state index < -0.39 is 0 Å². The van der Waals surface area contributed by atoms with E-state index in [4.69, 9.17) is 0 Å². The molecular weight excluding hydrogens is 182 g/mol. The number of aromatic nitrogens is 3. The molecule has 0 saturated heterocycles. The maximum atomic E-state index is 11.3. The van der Waals surface area contributed by atoms with Crippen LogP contribution >= 0.6 is 0 Å². The van der Waals surface area contributed by atoms with Crippen molar-refractivity contribution in [3.05, 3.63) is 17.3 Å². The fourth-order valence-corrected chi connectivity index (χ4v) is 1.57. The van der Waals surface area contributed by atoms with Crippen LogP contribution in [0.3, 0.4) is 0 Å². The van der Waals surface area contributed by atoms with Crippen LogP contribution in [0.15, 0.2) is 16.3 Å². The normalized spacial score (nSPS) is 17.7. The van der Waals surface area contributed by atoms with E-state index >= 15 is 0 Å². The lowest BCUT2D eigenvalue weighted by Crippen LogP contribution is -2.05. The Balaban J connectivity index is 2.30. The largest absolute Gasteiger partial charge is 0.299 e. The summed E-state index contributed by atoms with van der Waals surface area (Å²) in [7, 11) is 0. The van der Waals surface area contributed by atoms with Crippen molar-refractivity contribution in [3.63, 3.8) is 0 Å². The molecule has 0 spiro atoms. The summed E-state index contributed by atoms with van der Waals surface area (Å²) in [6.07, 6.45) is 2.44. The third kappa shape index (κ3) is 0.905. The zero-order chi connectivity index (χ0) is 9.54. The van der Waals surface area contributed by atoms with Crippen LogP contribution in [0.5, 0.6) is 0 Å². The Morgan fingerprint density at radius 1 is 1.21 bits per heavy atom. The van der Waals surface area contributed by atoms with Crippen molar-refractivity contribution in [1.82, 2.24) is 15.4 Å². The zero-order valence-electron chi connectivity index (χ0n) is 7.14. The molecule has 1 aromatic rings. The molecule has 0 fully saturated rings. The minimum absolute atomic E-state index is 0.116. The molecule has 0 radical (unpaired) electrons. The topological polar surface area (TPSA) is 80.5 Å². The highest BCUT2D eigenvalue weighted by Gasteiger charge is 2.25. The van der Waals surface area contributed by atoms with Crippen LogP contribution in [0.25, 0.3) is 5.70 Å². The Labute approximate surface area is 78.8 Å². The van der Waals surface area contributed by atoms with Gasteiger partial charge in [-0.15, -0.1) is 20.4 Å². The molecule has 0 atom stereocenters. The van der Waals surface area contributed by atoms with Crippen molar-refractivity contribution < 1.29 is 4.79 Å². The third-order valence-corrected chi connectivity index (χ3v) is 2.21. The SMILES string of the molecule is O=C1CC=C2N=Nc3nnnc(c32)C1. The molecule has 0 unspecified atom stereocenters. The standard InChI is InChI=1S/C8H5N5O/c14-4-1-2-5-7-6(3-4)10-13-12-8(7)11-9-5/h2H,1,3H2. The Hall–Kier alpha value is -1.98. The summed E-state index contributed by atoms with van der Waals surface area (Å²) in [4.78, 5) is 11.3. The van der Waals surface area contributed by atoms with Crippen LogP contribution < -0.4 is 0 Å². The van der Waals surface area contributed by atoms with Crippen LogP contribution in [-0.2, 0) is 11.2 Å². The molecule has 1 aliphatic carbocycles. The number of ketones is 1. The fraction of sp³-hybridized carbons (Fsp3) is 0.250. The first kappa shape index (κ1) is 7.43. The summed E-state index contributed by atoms with van der Waals surface area (Å²) < 4.78 is 0. The summed E-state index contributed by atoms with van der Waals surface area (Å²) in [6.45, 7) is 0. The lowest BCUT2D eigenvalue weighted by molar-refractivity contribution is -0.117. The third-order valence-electron chi connectivity index (χ3n) is 2.21. The average molecular weight is 187 g/mol. The number of hydrogen-bond donors (Lipinski definition) is 0. The van der Waals surface area contributed by atoms with Gasteiger partial charge in [0.25, 0.3) is 0 Å². The number of azo groups is 1. The lowest BCUT2D eigenvalue weighted by atomic mass is 10.1. The van der Waals surface area contributed by atoms with Crippen molar-refractivity contribution in [1.29, 1.82) is 0 Å². The molecule has 0 saturated carbocycles. The van der Waals surface area contributed by atoms with Gasteiger partial charge in [0.1, 0.15) is 5.78 Å². The molecule has 6 nitrogen and oxygen atoms in total. The molecule has 6 heteroatoms. The van der Waals surface area contributed by atoms with Gasteiger partial charge in [0, 0.05) is 6.42 Å². The molecule has 2 aliphatic rings. The first-order chi connectivity index (χ1) is 6.84. The van der Waals surface area contributed by atoms with Crippen LogP contribution in [-0.4, -0.2) is 21.2 Å². The van der Waals surface area contributed by atoms with Gasteiger partial charge in [-0.2, -0.15) is 0 Å². The molecule has 0 N–H and O–H groups in total. The van der Waals surface area contributed by atoms with Crippen LogP contribution in [0.2, 0.25) is 0 Å². The van der Waals surface area contributed by atoms with Crippen molar-refractivity contribution in [2.45, 2.75) is 12.8 Å². The van der Waals surface area contributed by atoms with E-state index in [0.717, 1.165) is 5.56 Å². The van der Waals surface area contributed by atoms with E-state index in [9.17, 15) is 4.79 Å². The van der Waals surface area contributed by atoms with Gasteiger partial charge in [-0.3, -0.25) is 4.79 Å². The molecular formula is C8H5N5O. The monoisotopic (exact) mass is 187 g/mol. The Bertz CT molecular complexity index is 491. The van der Waals surface area contributed by atoms with Gasteiger partial charge in [0.05, 0.1) is 23.4 Å². The smallest absolute Gasteiger partial charge is 0.209 e. The van der Waals surface area contributed by atoms with Gasteiger partial charge in [-0.25, -0.2) is 0 Å². The lowest BCUT2D eigenvalue weighted by Gasteiger charge is -1.98. The van der Waals surface area contributed by atoms with E-state index in [0.29, 0.717) is 30.1 Å². The Morgan fingerprint density at radius 3 is 3.07 bits per heavy atom. The van der Waals surface area contributed by atoms with E-state index in [1.54, 1.807) is 6.08 Å². The second-order valence-electron chi connectivity index (χ2n) is 3.14. The molecule has 1 aromatic heterocycles. The van der Waals surface area contributed by atoms with Gasteiger partial charge in [0.2, 0.25) is 5.82 Å².